The van der Waals surface area contributed by atoms with Gasteiger partial charge >= 0.3 is 6.09 Å². The van der Waals surface area contributed by atoms with Crippen LogP contribution in [0.5, 0.6) is 11.6 Å². The van der Waals surface area contributed by atoms with Crippen LogP contribution in [0, 0.1) is 0 Å². The third kappa shape index (κ3) is 5.48. The first-order valence-corrected chi connectivity index (χ1v) is 11.2. The molecule has 0 aliphatic rings. The minimum absolute atomic E-state index is 0.0835. The van der Waals surface area contributed by atoms with Crippen LogP contribution in [0.4, 0.5) is 10.7 Å². The molecule has 2 aromatic heterocycles. The van der Waals surface area contributed by atoms with E-state index in [-0.39, 0.29) is 29.1 Å². The minimum atomic E-state index is -3.85. The second kappa shape index (κ2) is 9.60. The second-order valence-electron chi connectivity index (χ2n) is 6.80. The van der Waals surface area contributed by atoms with Gasteiger partial charge in [0.15, 0.2) is 5.65 Å². The number of carbonyl (C=O) groups is 1. The fourth-order valence-electron chi connectivity index (χ4n) is 2.68. The normalized spacial score (nSPS) is 11.6. The van der Waals surface area contributed by atoms with Crippen molar-refractivity contribution in [2.45, 2.75) is 11.5 Å². The van der Waals surface area contributed by atoms with Gasteiger partial charge in [-0.25, -0.2) is 23.3 Å². The molecule has 0 saturated heterocycles. The van der Waals surface area contributed by atoms with Crippen molar-refractivity contribution >= 4 is 33.2 Å². The molecule has 13 nitrogen and oxygen atoms in total. The van der Waals surface area contributed by atoms with Crippen LogP contribution in [0.1, 0.15) is 5.56 Å². The number of aromatic amines is 1. The molecule has 2 heterocycles. The molecule has 34 heavy (non-hydrogen) atoms. The Morgan fingerprint density at radius 3 is 2.56 bits per heavy atom. The number of nitrogens with two attached hydrogens (primary N) is 1. The highest BCUT2D eigenvalue weighted by molar-refractivity contribution is 7.89. The third-order valence-electron chi connectivity index (χ3n) is 4.35. The summed E-state index contributed by atoms with van der Waals surface area (Å²) in [7, 11) is -2.54. The highest BCUT2D eigenvalue weighted by atomic mass is 32.2. The molecule has 0 fully saturated rings. The van der Waals surface area contributed by atoms with Crippen LogP contribution in [-0.2, 0) is 16.6 Å². The number of amides is 1. The number of nitrogens with one attached hydrogen (secondary N) is 1. The van der Waals surface area contributed by atoms with E-state index in [2.05, 4.69) is 30.3 Å². The maximum absolute atomic E-state index is 12.2. The van der Waals surface area contributed by atoms with Crippen molar-refractivity contribution in [3.8, 4) is 11.6 Å². The summed E-state index contributed by atoms with van der Waals surface area (Å²) in [6.45, 7) is 0.263. The van der Waals surface area contributed by atoms with Crippen molar-refractivity contribution in [1.82, 2.24) is 24.9 Å². The molecule has 0 aliphatic heterocycles. The van der Waals surface area contributed by atoms with Crippen LogP contribution in [0.15, 0.2) is 76.2 Å². The number of hydrogen-bond donors (Lipinski definition) is 2. The summed E-state index contributed by atoms with van der Waals surface area (Å²) in [5.41, 5.74) is 1.74. The van der Waals surface area contributed by atoms with Gasteiger partial charge in [-0.3, -0.25) is 0 Å². The summed E-state index contributed by atoms with van der Waals surface area (Å²) in [6, 6.07) is 14.5. The van der Waals surface area contributed by atoms with E-state index in [9.17, 15) is 13.2 Å². The molecule has 14 heteroatoms. The van der Waals surface area contributed by atoms with Crippen molar-refractivity contribution in [1.29, 1.82) is 0 Å². The van der Waals surface area contributed by atoms with E-state index in [1.807, 2.05) is 30.3 Å². The molecule has 2 aromatic carbocycles. The van der Waals surface area contributed by atoms with Crippen LogP contribution in [0.2, 0.25) is 0 Å². The molecular weight excluding hydrogens is 464 g/mol. The first-order chi connectivity index (χ1) is 16.3. The summed E-state index contributed by atoms with van der Waals surface area (Å²) >= 11 is 0. The molecule has 174 valence electrons. The average Bonchev–Trinajstić information content (AvgIpc) is 3.30. The van der Waals surface area contributed by atoms with Gasteiger partial charge in [0.2, 0.25) is 15.9 Å². The quantitative estimate of drug-likeness (QED) is 0.298. The summed E-state index contributed by atoms with van der Waals surface area (Å²) in [5, 5.41) is 13.5. The summed E-state index contributed by atoms with van der Waals surface area (Å²) in [5.74, 6) is 0.227. The van der Waals surface area contributed by atoms with Gasteiger partial charge in [-0.05, 0) is 29.8 Å². The smallest absolute Gasteiger partial charge is 0.436 e. The number of H-pyrrole nitrogens is 1. The van der Waals surface area contributed by atoms with Crippen molar-refractivity contribution in [2.24, 2.45) is 15.5 Å². The minimum Gasteiger partial charge on any atom is -0.471 e. The molecule has 0 radical (unpaired) electrons. The number of rotatable bonds is 7. The van der Waals surface area contributed by atoms with E-state index in [4.69, 9.17) is 14.6 Å². The largest absolute Gasteiger partial charge is 0.471 e. The Hall–Kier alpha value is -4.43. The van der Waals surface area contributed by atoms with Gasteiger partial charge in [0.05, 0.1) is 11.2 Å². The molecule has 0 saturated carbocycles. The Morgan fingerprint density at radius 2 is 1.85 bits per heavy atom. The lowest BCUT2D eigenvalue weighted by atomic mass is 10.2. The number of primary sulfonamides is 1. The van der Waals surface area contributed by atoms with E-state index in [0.29, 0.717) is 11.2 Å². The molecule has 4 aromatic rings. The number of benzene rings is 2. The molecule has 0 aliphatic carbocycles. The third-order valence-corrected chi connectivity index (χ3v) is 5.28. The Labute approximate surface area is 193 Å². The van der Waals surface area contributed by atoms with Gasteiger partial charge in [-0.1, -0.05) is 40.7 Å². The number of nitrogens with zero attached hydrogens (tertiary/aromatic N) is 6. The highest BCUT2D eigenvalue weighted by Crippen LogP contribution is 2.23. The second-order valence-corrected chi connectivity index (χ2v) is 8.36. The summed E-state index contributed by atoms with van der Waals surface area (Å²) < 4.78 is 33.5. The molecular formula is C20H18N8O5S. The number of aromatic nitrogens is 4. The maximum atomic E-state index is 12.2. The summed E-state index contributed by atoms with van der Waals surface area (Å²) in [6.07, 6.45) is 0.564. The van der Waals surface area contributed by atoms with Crippen LogP contribution >= 0.6 is 0 Å². The number of hydrogen-bond acceptors (Lipinski definition) is 10. The van der Waals surface area contributed by atoms with Gasteiger partial charge < -0.3 is 14.5 Å². The first-order valence-electron chi connectivity index (χ1n) is 9.67. The van der Waals surface area contributed by atoms with Crippen molar-refractivity contribution < 1.29 is 22.7 Å². The van der Waals surface area contributed by atoms with Crippen LogP contribution in [0.25, 0.3) is 11.2 Å². The predicted molar refractivity (Wildman–Crippen MR) is 119 cm³/mol. The van der Waals surface area contributed by atoms with E-state index < -0.39 is 16.1 Å². The lowest BCUT2D eigenvalue weighted by Crippen LogP contribution is -2.24. The molecule has 0 atom stereocenters. The molecule has 0 spiro atoms. The van der Waals surface area contributed by atoms with E-state index in [0.717, 1.165) is 10.6 Å². The van der Waals surface area contributed by atoms with Crippen molar-refractivity contribution in [3.63, 3.8) is 0 Å². The van der Waals surface area contributed by atoms with Gasteiger partial charge in [0.1, 0.15) is 17.9 Å². The van der Waals surface area contributed by atoms with E-state index in [1.165, 1.54) is 37.6 Å². The Kier molecular flexibility index (Phi) is 6.42. The van der Waals surface area contributed by atoms with E-state index >= 15 is 0 Å². The van der Waals surface area contributed by atoms with Gasteiger partial charge in [0, 0.05) is 7.05 Å². The van der Waals surface area contributed by atoms with Crippen LogP contribution < -0.4 is 14.6 Å². The predicted octanol–water partition coefficient (Wildman–Crippen LogP) is 2.71. The van der Waals surface area contributed by atoms with Gasteiger partial charge in [-0.15, -0.1) is 0 Å². The first kappa shape index (κ1) is 22.8. The number of carbonyl (C=O) groups excluding carboxylic acids is 1. The number of sulfonamides is 1. The lowest BCUT2D eigenvalue weighted by molar-refractivity contribution is 0.161. The van der Waals surface area contributed by atoms with E-state index in [1.54, 1.807) is 0 Å². The maximum Gasteiger partial charge on any atom is 0.436 e. The Balaban J connectivity index is 1.45. The monoisotopic (exact) mass is 482 g/mol. The number of ether oxygens (including phenoxy) is 2. The lowest BCUT2D eigenvalue weighted by Gasteiger charge is -2.10. The van der Waals surface area contributed by atoms with Crippen molar-refractivity contribution in [3.05, 3.63) is 66.5 Å². The van der Waals surface area contributed by atoms with Gasteiger partial charge in [0.25, 0.3) is 5.95 Å². The SMILES string of the molecule is CN(/N=N/c1nc(OCc2ccccc2)c2[nH]cnc2n1)C(=O)Oc1ccc(S(N)(=O)=O)cc1. The fraction of sp³-hybridized carbons (Fsp3) is 0.100. The number of fused-ring (bicyclic) bond motifs is 1. The molecule has 3 N–H and O–H groups in total. The zero-order valence-corrected chi connectivity index (χ0v) is 18.5. The Bertz CT molecular complexity index is 1440. The molecule has 0 unspecified atom stereocenters. The topological polar surface area (TPSA) is 178 Å². The zero-order valence-electron chi connectivity index (χ0n) is 17.7. The molecule has 1 amide bonds. The van der Waals surface area contributed by atoms with Crippen LogP contribution in [0.3, 0.4) is 0 Å². The highest BCUT2D eigenvalue weighted by Gasteiger charge is 2.15. The summed E-state index contributed by atoms with van der Waals surface area (Å²) in [4.78, 5) is 27.5. The number of imidazole rings is 1. The fourth-order valence-corrected chi connectivity index (χ4v) is 3.19. The molecule has 0 bridgehead atoms. The van der Waals surface area contributed by atoms with Gasteiger partial charge in [-0.2, -0.15) is 15.0 Å². The standard InChI is InChI=1S/C20H18N8O5S/c1-28(20(29)33-14-7-9-15(10-8-14)34(21,30)31)27-26-19-24-17-16(22-12-23-17)18(25-19)32-11-13-5-3-2-4-6-13/h2-10,12H,11H2,1H3,(H2,21,30,31)(H,22,23,24,25)/b27-26+. The zero-order chi connectivity index (χ0) is 24.1. The van der Waals surface area contributed by atoms with Crippen molar-refractivity contribution in [2.75, 3.05) is 7.05 Å². The van der Waals surface area contributed by atoms with Crippen LogP contribution in [-0.4, -0.2) is 46.5 Å². The average molecular weight is 482 g/mol. The Morgan fingerprint density at radius 1 is 1.12 bits per heavy atom. The molecule has 4 rings (SSSR count).